The second-order valence-electron chi connectivity index (χ2n) is 6.61. The van der Waals surface area contributed by atoms with Crippen molar-refractivity contribution in [3.63, 3.8) is 0 Å². The Morgan fingerprint density at radius 3 is 2.46 bits per heavy atom. The van der Waals surface area contributed by atoms with Gasteiger partial charge in [-0.25, -0.2) is 4.98 Å². The van der Waals surface area contributed by atoms with E-state index in [2.05, 4.69) is 0 Å². The van der Waals surface area contributed by atoms with E-state index >= 15 is 0 Å². The van der Waals surface area contributed by atoms with Gasteiger partial charge in [0.1, 0.15) is 10.9 Å². The summed E-state index contributed by atoms with van der Waals surface area (Å²) in [5.74, 6) is -0.390. The summed E-state index contributed by atoms with van der Waals surface area (Å²) in [6, 6.07) is 7.57. The van der Waals surface area contributed by atoms with E-state index in [4.69, 9.17) is 16.6 Å². The third-order valence-electron chi connectivity index (χ3n) is 5.23. The van der Waals surface area contributed by atoms with Crippen LogP contribution in [0.3, 0.4) is 0 Å². The van der Waals surface area contributed by atoms with Gasteiger partial charge in [0, 0.05) is 22.3 Å². The second-order valence-corrected chi connectivity index (χ2v) is 8.10. The van der Waals surface area contributed by atoms with Gasteiger partial charge in [-0.1, -0.05) is 36.7 Å². The third-order valence-corrected chi connectivity index (χ3v) is 6.81. The first-order chi connectivity index (χ1) is 11.6. The second kappa shape index (κ2) is 6.08. The average molecular weight is 360 g/mol. The molecule has 1 heterocycles. The number of halogens is 1. The van der Waals surface area contributed by atoms with Crippen molar-refractivity contribution in [3.8, 4) is 10.6 Å². The van der Waals surface area contributed by atoms with Gasteiger partial charge in [-0.15, -0.1) is 11.3 Å². The Balaban J connectivity index is 1.80. The van der Waals surface area contributed by atoms with E-state index in [1.807, 2.05) is 31.2 Å². The van der Waals surface area contributed by atoms with Gasteiger partial charge in [0.05, 0.1) is 10.7 Å². The van der Waals surface area contributed by atoms with Crippen LogP contribution in [0.25, 0.3) is 10.6 Å². The summed E-state index contributed by atoms with van der Waals surface area (Å²) in [6.07, 6.45) is 3.23. The maximum absolute atomic E-state index is 12.8. The number of carbonyl (C=O) groups is 2. The topological polar surface area (TPSA) is 47.0 Å². The zero-order valence-corrected chi connectivity index (χ0v) is 15.0. The number of hydrogen-bond donors (Lipinski definition) is 0. The van der Waals surface area contributed by atoms with Crippen molar-refractivity contribution in [3.05, 3.63) is 39.9 Å². The van der Waals surface area contributed by atoms with Gasteiger partial charge in [-0.2, -0.15) is 0 Å². The molecule has 0 N–H and O–H groups in total. The summed E-state index contributed by atoms with van der Waals surface area (Å²) in [5.41, 5.74) is 1.55. The highest BCUT2D eigenvalue weighted by molar-refractivity contribution is 7.15. The van der Waals surface area contributed by atoms with E-state index in [1.165, 1.54) is 0 Å². The van der Waals surface area contributed by atoms with Crippen LogP contribution in [0.15, 0.2) is 24.3 Å². The molecule has 3 atom stereocenters. The van der Waals surface area contributed by atoms with E-state index in [0.29, 0.717) is 10.7 Å². The molecule has 3 nitrogen and oxygen atoms in total. The normalized spacial score (nSPS) is 26.2. The molecule has 5 heteroatoms. The van der Waals surface area contributed by atoms with E-state index in [9.17, 15) is 9.59 Å². The van der Waals surface area contributed by atoms with Crippen LogP contribution in [0.4, 0.5) is 0 Å². The number of thiazole rings is 1. The summed E-state index contributed by atoms with van der Waals surface area (Å²) in [5, 5.41) is 1.44. The Bertz CT molecular complexity index is 807. The van der Waals surface area contributed by atoms with E-state index in [0.717, 1.165) is 41.1 Å². The number of fused-ring (bicyclic) bond motifs is 2. The molecule has 2 bridgehead atoms. The SMILES string of the molecule is CCc1sc(-c2ccccc2Cl)nc1C1C(=O)[C@@H]2CC[C@@H](C2)C1=O. The lowest BCUT2D eigenvalue weighted by atomic mass is 9.77. The molecule has 0 radical (unpaired) electrons. The monoisotopic (exact) mass is 359 g/mol. The molecule has 24 heavy (non-hydrogen) atoms. The van der Waals surface area contributed by atoms with Crippen molar-refractivity contribution < 1.29 is 9.59 Å². The molecule has 0 saturated heterocycles. The van der Waals surface area contributed by atoms with Crippen molar-refractivity contribution >= 4 is 34.5 Å². The lowest BCUT2D eigenvalue weighted by Crippen LogP contribution is -2.35. The molecular formula is C19H18ClNO2S. The summed E-state index contributed by atoms with van der Waals surface area (Å²) < 4.78 is 0. The lowest BCUT2D eigenvalue weighted by Gasteiger charge is -2.24. The Morgan fingerprint density at radius 1 is 1.17 bits per heavy atom. The van der Waals surface area contributed by atoms with Crippen LogP contribution in [0.2, 0.25) is 5.02 Å². The predicted octanol–water partition coefficient (Wildman–Crippen LogP) is 4.68. The Hall–Kier alpha value is -1.52. The summed E-state index contributed by atoms with van der Waals surface area (Å²) >= 11 is 7.84. The lowest BCUT2D eigenvalue weighted by molar-refractivity contribution is -0.136. The molecule has 1 aromatic heterocycles. The number of Topliss-reactive ketones (excluding diaryl/α,β-unsaturated/α-hetero) is 2. The fourth-order valence-electron chi connectivity index (χ4n) is 3.97. The van der Waals surface area contributed by atoms with E-state index < -0.39 is 5.92 Å². The van der Waals surface area contributed by atoms with Gasteiger partial charge in [0.15, 0.2) is 11.6 Å². The number of aryl methyl sites for hydroxylation is 1. The van der Waals surface area contributed by atoms with Crippen molar-refractivity contribution in [1.82, 2.24) is 4.98 Å². The average Bonchev–Trinajstić information content (AvgIpc) is 3.20. The number of carbonyl (C=O) groups excluding carboxylic acids is 2. The van der Waals surface area contributed by atoms with Crippen molar-refractivity contribution in [2.45, 2.75) is 38.5 Å². The van der Waals surface area contributed by atoms with Crippen molar-refractivity contribution in [1.29, 1.82) is 0 Å². The Kier molecular flexibility index (Phi) is 4.05. The maximum atomic E-state index is 12.8. The van der Waals surface area contributed by atoms with Crippen molar-refractivity contribution in [2.24, 2.45) is 11.8 Å². The van der Waals surface area contributed by atoms with E-state index in [-0.39, 0.29) is 23.4 Å². The minimum atomic E-state index is -0.654. The third kappa shape index (κ3) is 2.44. The molecule has 2 aliphatic rings. The summed E-state index contributed by atoms with van der Waals surface area (Å²) in [4.78, 5) is 31.3. The van der Waals surface area contributed by atoms with Gasteiger partial charge in [0.25, 0.3) is 0 Å². The Morgan fingerprint density at radius 2 is 1.83 bits per heavy atom. The highest BCUT2D eigenvalue weighted by Gasteiger charge is 2.48. The smallest absolute Gasteiger partial charge is 0.152 e. The molecule has 2 fully saturated rings. The predicted molar refractivity (Wildman–Crippen MR) is 95.5 cm³/mol. The maximum Gasteiger partial charge on any atom is 0.152 e. The molecule has 2 aliphatic carbocycles. The molecule has 2 saturated carbocycles. The molecule has 2 aromatic rings. The van der Waals surface area contributed by atoms with Crippen LogP contribution in [-0.2, 0) is 16.0 Å². The number of ketones is 2. The minimum absolute atomic E-state index is 0.0490. The number of nitrogens with zero attached hydrogens (tertiary/aromatic N) is 1. The van der Waals surface area contributed by atoms with Crippen LogP contribution >= 0.6 is 22.9 Å². The molecule has 0 aliphatic heterocycles. The molecular weight excluding hydrogens is 342 g/mol. The van der Waals surface area contributed by atoms with Crippen LogP contribution in [0, 0.1) is 11.8 Å². The van der Waals surface area contributed by atoms with Crippen molar-refractivity contribution in [2.75, 3.05) is 0 Å². The highest BCUT2D eigenvalue weighted by atomic mass is 35.5. The fourth-order valence-corrected chi connectivity index (χ4v) is 5.33. The minimum Gasteiger partial charge on any atom is -0.298 e. The van der Waals surface area contributed by atoms with Crippen LogP contribution < -0.4 is 0 Å². The summed E-state index contributed by atoms with van der Waals surface area (Å²) in [6.45, 7) is 2.04. The molecule has 124 valence electrons. The van der Waals surface area contributed by atoms with E-state index in [1.54, 1.807) is 11.3 Å². The zero-order chi connectivity index (χ0) is 16.8. The van der Waals surface area contributed by atoms with Gasteiger partial charge < -0.3 is 0 Å². The first-order valence-electron chi connectivity index (χ1n) is 8.42. The van der Waals surface area contributed by atoms with Gasteiger partial charge in [-0.05, 0) is 31.7 Å². The largest absolute Gasteiger partial charge is 0.298 e. The van der Waals surface area contributed by atoms with Gasteiger partial charge in [-0.3, -0.25) is 9.59 Å². The molecule has 4 rings (SSSR count). The summed E-state index contributed by atoms with van der Waals surface area (Å²) in [7, 11) is 0. The first kappa shape index (κ1) is 16.0. The zero-order valence-electron chi connectivity index (χ0n) is 13.4. The molecule has 1 aromatic carbocycles. The van der Waals surface area contributed by atoms with Crippen LogP contribution in [0.5, 0.6) is 0 Å². The number of rotatable bonds is 3. The van der Waals surface area contributed by atoms with Crippen LogP contribution in [0.1, 0.15) is 42.7 Å². The van der Waals surface area contributed by atoms with Gasteiger partial charge >= 0.3 is 0 Å². The van der Waals surface area contributed by atoms with Crippen LogP contribution in [-0.4, -0.2) is 16.6 Å². The fraction of sp³-hybridized carbons (Fsp3) is 0.421. The first-order valence-corrected chi connectivity index (χ1v) is 9.61. The van der Waals surface area contributed by atoms with Gasteiger partial charge in [0.2, 0.25) is 0 Å². The molecule has 0 spiro atoms. The quantitative estimate of drug-likeness (QED) is 0.747. The number of hydrogen-bond acceptors (Lipinski definition) is 4. The highest BCUT2D eigenvalue weighted by Crippen LogP contribution is 2.46. The number of benzene rings is 1. The molecule has 0 amide bonds. The Labute approximate surface area is 150 Å². The standard InChI is InChI=1S/C19H18ClNO2S/c1-2-14-16(15-17(22)10-7-8-11(9-10)18(15)23)21-19(24-14)12-5-3-4-6-13(12)20/h3-6,10-11,15H,2,7-9H2,1H3/t10-,11+,15?. The molecule has 1 unspecified atom stereocenters. The number of aromatic nitrogens is 1.